The largest absolute Gasteiger partial charge is 0.320 e. The molecule has 1 saturated carbocycles. The molecule has 1 N–H and O–H groups in total. The van der Waals surface area contributed by atoms with Gasteiger partial charge in [0.2, 0.25) is 10.0 Å². The van der Waals surface area contributed by atoms with Gasteiger partial charge in [0.1, 0.15) is 0 Å². The lowest BCUT2D eigenvalue weighted by molar-refractivity contribution is 0.341. The smallest absolute Gasteiger partial charge is 0.214 e. The molecule has 0 unspecified atom stereocenters. The third-order valence-electron chi connectivity index (χ3n) is 3.15. The van der Waals surface area contributed by atoms with Crippen molar-refractivity contribution < 1.29 is 8.42 Å². The Morgan fingerprint density at radius 1 is 1.29 bits per heavy atom. The summed E-state index contributed by atoms with van der Waals surface area (Å²) in [6.07, 6.45) is 4.05. The number of nitrogens with one attached hydrogen (secondary N) is 1. The predicted molar refractivity (Wildman–Crippen MR) is 71.5 cm³/mol. The highest BCUT2D eigenvalue weighted by atomic mass is 32.2. The van der Waals surface area contributed by atoms with Crippen LogP contribution in [0.5, 0.6) is 0 Å². The van der Waals surface area contributed by atoms with Gasteiger partial charge in [-0.3, -0.25) is 0 Å². The number of nitrogens with zero attached hydrogens (tertiary/aromatic N) is 1. The summed E-state index contributed by atoms with van der Waals surface area (Å²) in [5.74, 6) is 0.907. The molecule has 0 spiro atoms. The molecule has 0 bridgehead atoms. The summed E-state index contributed by atoms with van der Waals surface area (Å²) < 4.78 is 26.1. The van der Waals surface area contributed by atoms with Gasteiger partial charge in [-0.05, 0) is 59.0 Å². The zero-order valence-corrected chi connectivity index (χ0v) is 12.1. The van der Waals surface area contributed by atoms with Crippen LogP contribution in [-0.2, 0) is 10.0 Å². The standard InChI is InChI=1S/C12H26N2O2S/c1-11(2)14(10-12-6-7-12)17(15,16)9-5-4-8-13-3/h11-13H,4-10H2,1-3H3. The Balaban J connectivity index is 2.45. The molecular formula is C12H26N2O2S. The van der Waals surface area contributed by atoms with E-state index >= 15 is 0 Å². The predicted octanol–water partition coefficient (Wildman–Crippen LogP) is 1.44. The van der Waals surface area contributed by atoms with Gasteiger partial charge in [-0.2, -0.15) is 4.31 Å². The maximum atomic E-state index is 12.2. The number of sulfonamides is 1. The first-order valence-corrected chi connectivity index (χ1v) is 8.22. The SMILES string of the molecule is CNCCCCS(=O)(=O)N(CC1CC1)C(C)C. The van der Waals surface area contributed by atoms with Crippen molar-refractivity contribution in [2.45, 2.75) is 45.6 Å². The maximum Gasteiger partial charge on any atom is 0.214 e. The Bertz CT molecular complexity index is 310. The second kappa shape index (κ2) is 6.71. The number of unbranched alkanes of at least 4 members (excludes halogenated alkanes) is 1. The van der Waals surface area contributed by atoms with Crippen molar-refractivity contribution >= 4 is 10.0 Å². The summed E-state index contributed by atoms with van der Waals surface area (Å²) in [5.41, 5.74) is 0. The molecule has 5 heteroatoms. The van der Waals surface area contributed by atoms with Crippen molar-refractivity contribution in [3.8, 4) is 0 Å². The zero-order valence-electron chi connectivity index (χ0n) is 11.3. The molecule has 0 aliphatic heterocycles. The van der Waals surface area contributed by atoms with Gasteiger partial charge in [-0.1, -0.05) is 0 Å². The number of hydrogen-bond donors (Lipinski definition) is 1. The van der Waals surface area contributed by atoms with Crippen molar-refractivity contribution in [3.05, 3.63) is 0 Å². The van der Waals surface area contributed by atoms with Crippen LogP contribution in [0.3, 0.4) is 0 Å². The van der Waals surface area contributed by atoms with E-state index in [0.717, 1.165) is 25.9 Å². The summed E-state index contributed by atoms with van der Waals surface area (Å²) in [5, 5.41) is 3.04. The van der Waals surface area contributed by atoms with E-state index in [2.05, 4.69) is 5.32 Å². The lowest BCUT2D eigenvalue weighted by atomic mass is 10.3. The Labute approximate surface area is 106 Å². The van der Waals surface area contributed by atoms with E-state index in [0.29, 0.717) is 11.7 Å². The molecule has 1 aliphatic rings. The third kappa shape index (κ3) is 5.36. The number of hydrogen-bond acceptors (Lipinski definition) is 3. The molecule has 1 aliphatic carbocycles. The zero-order chi connectivity index (χ0) is 12.9. The molecule has 4 nitrogen and oxygen atoms in total. The van der Waals surface area contributed by atoms with E-state index in [-0.39, 0.29) is 6.04 Å². The van der Waals surface area contributed by atoms with Gasteiger partial charge in [-0.15, -0.1) is 0 Å². The molecule has 0 heterocycles. The molecule has 1 fully saturated rings. The van der Waals surface area contributed by atoms with Gasteiger partial charge < -0.3 is 5.32 Å². The van der Waals surface area contributed by atoms with Crippen molar-refractivity contribution in [2.24, 2.45) is 5.92 Å². The average molecular weight is 262 g/mol. The molecule has 0 atom stereocenters. The Morgan fingerprint density at radius 3 is 2.41 bits per heavy atom. The van der Waals surface area contributed by atoms with Crippen LogP contribution < -0.4 is 5.32 Å². The van der Waals surface area contributed by atoms with Crippen LogP contribution in [0.4, 0.5) is 0 Å². The van der Waals surface area contributed by atoms with Gasteiger partial charge in [0.05, 0.1) is 5.75 Å². The van der Waals surface area contributed by atoms with Crippen LogP contribution >= 0.6 is 0 Å². The first-order chi connectivity index (χ1) is 7.97. The first kappa shape index (κ1) is 14.9. The van der Waals surface area contributed by atoms with Crippen LogP contribution in [0.2, 0.25) is 0 Å². The summed E-state index contributed by atoms with van der Waals surface area (Å²) in [6.45, 7) is 5.55. The molecule has 102 valence electrons. The van der Waals surface area contributed by atoms with E-state index in [1.807, 2.05) is 20.9 Å². The lowest BCUT2D eigenvalue weighted by Gasteiger charge is -2.25. The average Bonchev–Trinajstić information content (AvgIpc) is 3.04. The van der Waals surface area contributed by atoms with E-state index in [1.165, 1.54) is 12.8 Å². The Kier molecular flexibility index (Phi) is 5.89. The van der Waals surface area contributed by atoms with Gasteiger partial charge in [0.15, 0.2) is 0 Å². The summed E-state index contributed by atoms with van der Waals surface area (Å²) in [4.78, 5) is 0. The minimum absolute atomic E-state index is 0.0879. The highest BCUT2D eigenvalue weighted by Gasteiger charge is 2.31. The monoisotopic (exact) mass is 262 g/mol. The minimum atomic E-state index is -3.05. The summed E-state index contributed by atoms with van der Waals surface area (Å²) in [7, 11) is -1.16. The van der Waals surface area contributed by atoms with Crippen molar-refractivity contribution in [1.82, 2.24) is 9.62 Å². The molecule has 0 aromatic heterocycles. The van der Waals surface area contributed by atoms with Crippen LogP contribution in [0.15, 0.2) is 0 Å². The van der Waals surface area contributed by atoms with E-state index in [4.69, 9.17) is 0 Å². The fourth-order valence-corrected chi connectivity index (χ4v) is 3.79. The van der Waals surface area contributed by atoms with Crippen LogP contribution in [0.25, 0.3) is 0 Å². The van der Waals surface area contributed by atoms with Crippen LogP contribution in [-0.4, -0.2) is 44.7 Å². The second-order valence-electron chi connectivity index (χ2n) is 5.23. The van der Waals surface area contributed by atoms with Crippen LogP contribution in [0, 0.1) is 5.92 Å². The molecule has 1 rings (SSSR count). The van der Waals surface area contributed by atoms with Gasteiger partial charge in [0.25, 0.3) is 0 Å². The second-order valence-corrected chi connectivity index (χ2v) is 7.27. The quantitative estimate of drug-likeness (QED) is 0.640. The van der Waals surface area contributed by atoms with Crippen molar-refractivity contribution in [1.29, 1.82) is 0 Å². The van der Waals surface area contributed by atoms with Gasteiger partial charge >= 0.3 is 0 Å². The highest BCUT2D eigenvalue weighted by molar-refractivity contribution is 7.89. The number of rotatable bonds is 9. The summed E-state index contributed by atoms with van der Waals surface area (Å²) >= 11 is 0. The van der Waals surface area contributed by atoms with Gasteiger partial charge in [-0.25, -0.2) is 8.42 Å². The van der Waals surface area contributed by atoms with Gasteiger partial charge in [0, 0.05) is 12.6 Å². The fraction of sp³-hybridized carbons (Fsp3) is 1.00. The topological polar surface area (TPSA) is 49.4 Å². The molecule has 0 amide bonds. The maximum absolute atomic E-state index is 12.2. The van der Waals surface area contributed by atoms with Crippen molar-refractivity contribution in [2.75, 3.05) is 25.9 Å². The molecule has 17 heavy (non-hydrogen) atoms. The first-order valence-electron chi connectivity index (χ1n) is 6.61. The minimum Gasteiger partial charge on any atom is -0.320 e. The fourth-order valence-electron chi connectivity index (χ4n) is 1.90. The van der Waals surface area contributed by atoms with Crippen molar-refractivity contribution in [3.63, 3.8) is 0 Å². The van der Waals surface area contributed by atoms with Crippen LogP contribution in [0.1, 0.15) is 39.5 Å². The summed E-state index contributed by atoms with van der Waals surface area (Å²) in [6, 6.07) is 0.0879. The Hall–Kier alpha value is -0.130. The normalized spacial score (nSPS) is 17.0. The van der Waals surface area contributed by atoms with E-state index < -0.39 is 10.0 Å². The lowest BCUT2D eigenvalue weighted by Crippen LogP contribution is -2.40. The highest BCUT2D eigenvalue weighted by Crippen LogP contribution is 2.31. The molecule has 0 aromatic rings. The molecule has 0 aromatic carbocycles. The van der Waals surface area contributed by atoms with E-state index in [9.17, 15) is 8.42 Å². The Morgan fingerprint density at radius 2 is 1.94 bits per heavy atom. The molecule has 0 saturated heterocycles. The van der Waals surface area contributed by atoms with E-state index in [1.54, 1.807) is 4.31 Å². The molecular weight excluding hydrogens is 236 g/mol. The molecule has 0 radical (unpaired) electrons. The third-order valence-corrected chi connectivity index (χ3v) is 5.24.